The molecule has 17 heavy (non-hydrogen) atoms. The summed E-state index contributed by atoms with van der Waals surface area (Å²) in [6.07, 6.45) is 2.18. The monoisotopic (exact) mass is 237 g/mol. The summed E-state index contributed by atoms with van der Waals surface area (Å²) in [4.78, 5) is 0. The van der Waals surface area contributed by atoms with Crippen LogP contribution in [-0.2, 0) is 6.42 Å². The van der Waals surface area contributed by atoms with E-state index in [1.165, 1.54) is 5.56 Å². The highest BCUT2D eigenvalue weighted by Crippen LogP contribution is 2.12. The van der Waals surface area contributed by atoms with Crippen LogP contribution in [0, 0.1) is 17.7 Å². The van der Waals surface area contributed by atoms with E-state index in [1.807, 2.05) is 12.1 Å². The molecule has 0 aliphatic carbocycles. The van der Waals surface area contributed by atoms with Crippen LogP contribution in [0.25, 0.3) is 0 Å². The molecule has 0 aliphatic rings. The van der Waals surface area contributed by atoms with E-state index in [1.54, 1.807) is 12.1 Å². The molecule has 0 amide bonds. The van der Waals surface area contributed by atoms with E-state index in [0.717, 1.165) is 25.9 Å². The zero-order valence-electron chi connectivity index (χ0n) is 11.2. The SMILES string of the molecule is CCC(CNCC(C)C)Cc1ccc(F)cc1. The summed E-state index contributed by atoms with van der Waals surface area (Å²) >= 11 is 0. The highest BCUT2D eigenvalue weighted by molar-refractivity contribution is 5.16. The lowest BCUT2D eigenvalue weighted by molar-refractivity contribution is 0.437. The Morgan fingerprint density at radius 2 is 1.76 bits per heavy atom. The fourth-order valence-electron chi connectivity index (χ4n) is 1.89. The zero-order valence-corrected chi connectivity index (χ0v) is 11.2. The van der Waals surface area contributed by atoms with Gasteiger partial charge < -0.3 is 5.32 Å². The lowest BCUT2D eigenvalue weighted by Crippen LogP contribution is -2.27. The molecule has 0 fully saturated rings. The van der Waals surface area contributed by atoms with Crippen LogP contribution in [0.5, 0.6) is 0 Å². The van der Waals surface area contributed by atoms with Gasteiger partial charge in [-0.3, -0.25) is 0 Å². The van der Waals surface area contributed by atoms with Crippen molar-refractivity contribution in [1.29, 1.82) is 0 Å². The van der Waals surface area contributed by atoms with Gasteiger partial charge in [-0.25, -0.2) is 4.39 Å². The number of nitrogens with one attached hydrogen (secondary N) is 1. The first-order valence-corrected chi connectivity index (χ1v) is 6.57. The summed E-state index contributed by atoms with van der Waals surface area (Å²) in [6.45, 7) is 8.76. The van der Waals surface area contributed by atoms with E-state index in [0.29, 0.717) is 11.8 Å². The molecule has 0 saturated carbocycles. The summed E-state index contributed by atoms with van der Waals surface area (Å²) in [5.41, 5.74) is 1.23. The zero-order chi connectivity index (χ0) is 12.7. The average molecular weight is 237 g/mol. The van der Waals surface area contributed by atoms with Gasteiger partial charge in [-0.05, 0) is 49.0 Å². The van der Waals surface area contributed by atoms with Crippen LogP contribution in [0.2, 0.25) is 0 Å². The molecule has 0 aromatic heterocycles. The molecule has 0 heterocycles. The summed E-state index contributed by atoms with van der Waals surface area (Å²) in [6, 6.07) is 6.87. The lowest BCUT2D eigenvalue weighted by Gasteiger charge is -2.16. The smallest absolute Gasteiger partial charge is 0.123 e. The van der Waals surface area contributed by atoms with Crippen molar-refractivity contribution in [3.63, 3.8) is 0 Å². The van der Waals surface area contributed by atoms with Crippen molar-refractivity contribution in [2.24, 2.45) is 11.8 Å². The normalized spacial score (nSPS) is 13.0. The van der Waals surface area contributed by atoms with E-state index in [-0.39, 0.29) is 5.82 Å². The number of halogens is 1. The summed E-state index contributed by atoms with van der Waals surface area (Å²) in [5, 5.41) is 3.49. The van der Waals surface area contributed by atoms with E-state index < -0.39 is 0 Å². The maximum Gasteiger partial charge on any atom is 0.123 e. The summed E-state index contributed by atoms with van der Waals surface area (Å²) < 4.78 is 12.8. The maximum absolute atomic E-state index is 12.8. The molecule has 1 N–H and O–H groups in total. The van der Waals surface area contributed by atoms with E-state index >= 15 is 0 Å². The fraction of sp³-hybridized carbons (Fsp3) is 0.600. The van der Waals surface area contributed by atoms with Crippen LogP contribution >= 0.6 is 0 Å². The second-order valence-electron chi connectivity index (χ2n) is 5.16. The maximum atomic E-state index is 12.8. The molecule has 0 saturated heterocycles. The third-order valence-electron chi connectivity index (χ3n) is 3.00. The van der Waals surface area contributed by atoms with Crippen molar-refractivity contribution >= 4 is 0 Å². The number of rotatable bonds is 7. The minimum atomic E-state index is -0.153. The van der Waals surface area contributed by atoms with Crippen LogP contribution in [-0.4, -0.2) is 13.1 Å². The van der Waals surface area contributed by atoms with Crippen LogP contribution in [0.15, 0.2) is 24.3 Å². The molecule has 1 aromatic carbocycles. The molecule has 1 rings (SSSR count). The first kappa shape index (κ1) is 14.2. The van der Waals surface area contributed by atoms with Gasteiger partial charge in [0.1, 0.15) is 5.82 Å². The molecule has 2 heteroatoms. The largest absolute Gasteiger partial charge is 0.316 e. The van der Waals surface area contributed by atoms with Crippen molar-refractivity contribution in [3.05, 3.63) is 35.6 Å². The second kappa shape index (κ2) is 7.44. The van der Waals surface area contributed by atoms with Gasteiger partial charge in [-0.1, -0.05) is 39.3 Å². The molecule has 96 valence electrons. The Bertz CT molecular complexity index is 305. The second-order valence-corrected chi connectivity index (χ2v) is 5.16. The molecule has 1 aromatic rings. The highest BCUT2D eigenvalue weighted by Gasteiger charge is 2.07. The number of benzene rings is 1. The first-order valence-electron chi connectivity index (χ1n) is 6.57. The van der Waals surface area contributed by atoms with E-state index in [2.05, 4.69) is 26.1 Å². The Kier molecular flexibility index (Phi) is 6.20. The summed E-state index contributed by atoms with van der Waals surface area (Å²) in [5.74, 6) is 1.18. The predicted octanol–water partition coefficient (Wildman–Crippen LogP) is 3.64. The van der Waals surface area contributed by atoms with Gasteiger partial charge >= 0.3 is 0 Å². The van der Waals surface area contributed by atoms with Gasteiger partial charge in [0.2, 0.25) is 0 Å². The molecule has 1 unspecified atom stereocenters. The van der Waals surface area contributed by atoms with Gasteiger partial charge in [-0.2, -0.15) is 0 Å². The quantitative estimate of drug-likeness (QED) is 0.763. The highest BCUT2D eigenvalue weighted by atomic mass is 19.1. The van der Waals surface area contributed by atoms with Crippen molar-refractivity contribution in [1.82, 2.24) is 5.32 Å². The predicted molar refractivity (Wildman–Crippen MR) is 71.6 cm³/mol. The molecule has 1 atom stereocenters. The molecule has 0 spiro atoms. The molecular formula is C15H24FN. The molecular weight excluding hydrogens is 213 g/mol. The van der Waals surface area contributed by atoms with Gasteiger partial charge in [0.25, 0.3) is 0 Å². The Morgan fingerprint density at radius 1 is 1.12 bits per heavy atom. The van der Waals surface area contributed by atoms with Crippen molar-refractivity contribution in [2.45, 2.75) is 33.6 Å². The van der Waals surface area contributed by atoms with Crippen LogP contribution in [0.3, 0.4) is 0 Å². The Hall–Kier alpha value is -0.890. The molecule has 0 aliphatic heterocycles. The van der Waals surface area contributed by atoms with Crippen LogP contribution in [0.4, 0.5) is 4.39 Å². The van der Waals surface area contributed by atoms with Gasteiger partial charge in [0.15, 0.2) is 0 Å². The minimum Gasteiger partial charge on any atom is -0.316 e. The molecule has 1 nitrogen and oxygen atoms in total. The average Bonchev–Trinajstić information content (AvgIpc) is 2.30. The number of hydrogen-bond donors (Lipinski definition) is 1. The van der Waals surface area contributed by atoms with Crippen molar-refractivity contribution in [3.8, 4) is 0 Å². The molecule has 0 bridgehead atoms. The third-order valence-corrected chi connectivity index (χ3v) is 3.00. The van der Waals surface area contributed by atoms with Crippen molar-refractivity contribution in [2.75, 3.05) is 13.1 Å². The Labute approximate surface area is 104 Å². The standard InChI is InChI=1S/C15H24FN/c1-4-13(11-17-10-12(2)3)9-14-5-7-15(16)8-6-14/h5-8,12-13,17H,4,9-11H2,1-3H3. The van der Waals surface area contributed by atoms with Crippen LogP contribution < -0.4 is 5.32 Å². The van der Waals surface area contributed by atoms with Gasteiger partial charge in [-0.15, -0.1) is 0 Å². The fourth-order valence-corrected chi connectivity index (χ4v) is 1.89. The van der Waals surface area contributed by atoms with E-state index in [9.17, 15) is 4.39 Å². The van der Waals surface area contributed by atoms with Crippen molar-refractivity contribution < 1.29 is 4.39 Å². The third kappa shape index (κ3) is 5.83. The van der Waals surface area contributed by atoms with Gasteiger partial charge in [0.05, 0.1) is 0 Å². The molecule has 0 radical (unpaired) electrons. The lowest BCUT2D eigenvalue weighted by atomic mass is 9.96. The van der Waals surface area contributed by atoms with Crippen LogP contribution in [0.1, 0.15) is 32.8 Å². The minimum absolute atomic E-state index is 0.153. The first-order chi connectivity index (χ1) is 8.11. The number of hydrogen-bond acceptors (Lipinski definition) is 1. The van der Waals surface area contributed by atoms with Gasteiger partial charge in [0, 0.05) is 0 Å². The topological polar surface area (TPSA) is 12.0 Å². The summed E-state index contributed by atoms with van der Waals surface area (Å²) in [7, 11) is 0. The Balaban J connectivity index is 2.38. The Morgan fingerprint density at radius 3 is 2.29 bits per heavy atom. The van der Waals surface area contributed by atoms with E-state index in [4.69, 9.17) is 0 Å².